The number of nitro benzene ring substituents is 1. The molecule has 104 valence electrons. The van der Waals surface area contributed by atoms with Crippen molar-refractivity contribution in [2.45, 2.75) is 6.54 Å². The predicted octanol–water partition coefficient (Wildman–Crippen LogP) is 1.88. The highest BCUT2D eigenvalue weighted by Gasteiger charge is 2.15. The Kier molecular flexibility index (Phi) is 4.49. The summed E-state index contributed by atoms with van der Waals surface area (Å²) in [5, 5.41) is 14.9. The van der Waals surface area contributed by atoms with E-state index in [0.29, 0.717) is 9.26 Å². The van der Waals surface area contributed by atoms with Crippen LogP contribution in [0.3, 0.4) is 0 Å². The number of thiazole rings is 1. The van der Waals surface area contributed by atoms with Crippen molar-refractivity contribution in [3.05, 3.63) is 58.2 Å². The summed E-state index contributed by atoms with van der Waals surface area (Å²) in [7, 11) is 0. The van der Waals surface area contributed by atoms with Crippen LogP contribution in [0.4, 0.5) is 5.69 Å². The normalized spacial score (nSPS) is 10.2. The molecule has 9 heteroatoms. The molecular weight excluding hydrogens is 397 g/mol. The van der Waals surface area contributed by atoms with Gasteiger partial charge in [0.25, 0.3) is 11.6 Å². The number of aromatic amines is 1. The molecule has 0 saturated heterocycles. The van der Waals surface area contributed by atoms with Gasteiger partial charge in [-0.3, -0.25) is 19.7 Å². The Morgan fingerprint density at radius 3 is 2.85 bits per heavy atom. The lowest BCUT2D eigenvalue weighted by Gasteiger charge is -2.05. The first-order valence-corrected chi connectivity index (χ1v) is 7.32. The number of nitrogens with one attached hydrogen (secondary N) is 2. The number of rotatable bonds is 4. The second kappa shape index (κ2) is 6.13. The van der Waals surface area contributed by atoms with Crippen molar-refractivity contribution in [1.82, 2.24) is 10.3 Å². The number of H-pyrrole nitrogens is 1. The molecule has 0 aliphatic heterocycles. The Bertz CT molecular complexity index is 724. The van der Waals surface area contributed by atoms with Gasteiger partial charge in [0.15, 0.2) is 0 Å². The van der Waals surface area contributed by atoms with Crippen LogP contribution < -0.4 is 10.2 Å². The number of carbonyl (C=O) groups excluding carboxylic acids is 1. The molecule has 0 spiro atoms. The van der Waals surface area contributed by atoms with Gasteiger partial charge in [0.1, 0.15) is 0 Å². The Morgan fingerprint density at radius 1 is 1.50 bits per heavy atom. The third kappa shape index (κ3) is 3.42. The van der Waals surface area contributed by atoms with Crippen LogP contribution in [0.15, 0.2) is 28.4 Å². The van der Waals surface area contributed by atoms with Crippen molar-refractivity contribution in [3.8, 4) is 0 Å². The predicted molar refractivity (Wildman–Crippen MR) is 81.9 cm³/mol. The molecule has 0 radical (unpaired) electrons. The van der Waals surface area contributed by atoms with Gasteiger partial charge in [-0.05, 0) is 28.7 Å². The molecule has 0 saturated carbocycles. The van der Waals surface area contributed by atoms with Crippen molar-refractivity contribution < 1.29 is 9.72 Å². The lowest BCUT2D eigenvalue weighted by Crippen LogP contribution is -2.24. The number of non-ortho nitro benzene ring substituents is 1. The average Bonchev–Trinajstić information content (AvgIpc) is 2.82. The molecule has 1 aromatic heterocycles. The molecule has 7 nitrogen and oxygen atoms in total. The van der Waals surface area contributed by atoms with Crippen molar-refractivity contribution in [2.75, 3.05) is 0 Å². The number of nitro groups is 1. The summed E-state index contributed by atoms with van der Waals surface area (Å²) in [6.07, 6.45) is 0. The van der Waals surface area contributed by atoms with Crippen LogP contribution in [-0.4, -0.2) is 15.8 Å². The summed E-state index contributed by atoms with van der Waals surface area (Å²) in [6, 6.07) is 4.09. The molecule has 2 rings (SSSR count). The van der Waals surface area contributed by atoms with Crippen molar-refractivity contribution in [2.24, 2.45) is 0 Å². The first-order chi connectivity index (χ1) is 9.47. The zero-order chi connectivity index (χ0) is 14.7. The Hall–Kier alpha value is -1.75. The topological polar surface area (TPSA) is 105 Å². The third-order valence-electron chi connectivity index (χ3n) is 2.42. The van der Waals surface area contributed by atoms with E-state index >= 15 is 0 Å². The number of amides is 1. The Balaban J connectivity index is 2.14. The highest BCUT2D eigenvalue weighted by molar-refractivity contribution is 14.1. The smallest absolute Gasteiger partial charge is 0.304 e. The zero-order valence-electron chi connectivity index (χ0n) is 9.88. The molecule has 2 N–H and O–H groups in total. The van der Waals surface area contributed by atoms with E-state index in [2.05, 4.69) is 10.3 Å². The van der Waals surface area contributed by atoms with E-state index in [9.17, 15) is 19.7 Å². The number of nitrogens with zero attached hydrogens (tertiary/aromatic N) is 1. The summed E-state index contributed by atoms with van der Waals surface area (Å²) in [4.78, 5) is 35.5. The van der Waals surface area contributed by atoms with Crippen LogP contribution in [0.25, 0.3) is 0 Å². The SMILES string of the molecule is O=C(NCc1csc(=O)[nH]1)c1cc([N+](=O)[O-])ccc1I. The fraction of sp³-hybridized carbons (Fsp3) is 0.0909. The van der Waals surface area contributed by atoms with Gasteiger partial charge in [-0.1, -0.05) is 11.3 Å². The van der Waals surface area contributed by atoms with E-state index in [1.54, 1.807) is 5.38 Å². The van der Waals surface area contributed by atoms with Crippen molar-refractivity contribution in [3.63, 3.8) is 0 Å². The van der Waals surface area contributed by atoms with Crippen molar-refractivity contribution in [1.29, 1.82) is 0 Å². The monoisotopic (exact) mass is 405 g/mol. The standard InChI is InChI=1S/C11H8IN3O4S/c12-9-2-1-7(15(18)19)3-8(9)10(16)13-4-6-5-20-11(17)14-6/h1-3,5H,4H2,(H,13,16)(H,14,17). The molecular formula is C11H8IN3O4S. The summed E-state index contributed by atoms with van der Waals surface area (Å²) in [6.45, 7) is 0.163. The van der Waals surface area contributed by atoms with Crippen LogP contribution in [0, 0.1) is 13.7 Å². The van der Waals surface area contributed by atoms with Gasteiger partial charge in [0.05, 0.1) is 17.0 Å². The second-order valence-electron chi connectivity index (χ2n) is 3.78. The Labute approximate surface area is 130 Å². The van der Waals surface area contributed by atoms with E-state index in [-0.39, 0.29) is 22.7 Å². The molecule has 0 aliphatic carbocycles. The quantitative estimate of drug-likeness (QED) is 0.460. The lowest BCUT2D eigenvalue weighted by atomic mass is 10.2. The van der Waals surface area contributed by atoms with Crippen molar-refractivity contribution >= 4 is 45.5 Å². The van der Waals surface area contributed by atoms with Gasteiger partial charge in [-0.25, -0.2) is 0 Å². The van der Waals surface area contributed by atoms with E-state index in [4.69, 9.17) is 0 Å². The van der Waals surface area contributed by atoms with Gasteiger partial charge in [-0.2, -0.15) is 0 Å². The molecule has 20 heavy (non-hydrogen) atoms. The largest absolute Gasteiger partial charge is 0.346 e. The number of hydrogen-bond donors (Lipinski definition) is 2. The van der Waals surface area contributed by atoms with Gasteiger partial charge < -0.3 is 10.3 Å². The molecule has 1 amide bonds. The minimum atomic E-state index is -0.552. The third-order valence-corrected chi connectivity index (χ3v) is 4.07. The number of benzene rings is 1. The summed E-state index contributed by atoms with van der Waals surface area (Å²) >= 11 is 2.94. The Morgan fingerprint density at radius 2 is 2.25 bits per heavy atom. The molecule has 1 heterocycles. The van der Waals surface area contributed by atoms with Crippen LogP contribution in [0.5, 0.6) is 0 Å². The van der Waals surface area contributed by atoms with Crippen LogP contribution in [0.1, 0.15) is 16.1 Å². The van der Waals surface area contributed by atoms with Gasteiger partial charge >= 0.3 is 4.87 Å². The number of carbonyl (C=O) groups is 1. The number of hydrogen-bond acceptors (Lipinski definition) is 5. The molecule has 0 atom stereocenters. The maximum absolute atomic E-state index is 12.0. The van der Waals surface area contributed by atoms with Gasteiger partial charge in [0.2, 0.25) is 0 Å². The molecule has 0 fully saturated rings. The fourth-order valence-corrected chi connectivity index (χ4v) is 2.63. The first-order valence-electron chi connectivity index (χ1n) is 5.36. The van der Waals surface area contributed by atoms with Crippen LogP contribution >= 0.6 is 33.9 Å². The molecule has 0 aliphatic rings. The maximum atomic E-state index is 12.0. The molecule has 0 bridgehead atoms. The minimum Gasteiger partial charge on any atom is -0.346 e. The highest BCUT2D eigenvalue weighted by atomic mass is 127. The van der Waals surface area contributed by atoms with E-state index in [0.717, 1.165) is 11.3 Å². The van der Waals surface area contributed by atoms with Crippen LogP contribution in [0.2, 0.25) is 0 Å². The molecule has 2 aromatic rings. The van der Waals surface area contributed by atoms with Gasteiger partial charge in [-0.15, -0.1) is 0 Å². The second-order valence-corrected chi connectivity index (χ2v) is 5.78. The maximum Gasteiger partial charge on any atom is 0.304 e. The summed E-state index contributed by atoms with van der Waals surface area (Å²) in [5.41, 5.74) is 0.686. The van der Waals surface area contributed by atoms with E-state index < -0.39 is 10.8 Å². The fourth-order valence-electron chi connectivity index (χ4n) is 1.47. The number of halogens is 1. The molecule has 1 aromatic carbocycles. The van der Waals surface area contributed by atoms with E-state index in [1.807, 2.05) is 22.6 Å². The summed E-state index contributed by atoms with van der Waals surface area (Å²) in [5.74, 6) is -0.426. The summed E-state index contributed by atoms with van der Waals surface area (Å²) < 4.78 is 0.615. The lowest BCUT2D eigenvalue weighted by molar-refractivity contribution is -0.384. The molecule has 0 unspecified atom stereocenters. The first kappa shape index (κ1) is 14.7. The highest BCUT2D eigenvalue weighted by Crippen LogP contribution is 2.19. The average molecular weight is 405 g/mol. The van der Waals surface area contributed by atoms with Crippen LogP contribution in [-0.2, 0) is 6.54 Å². The zero-order valence-corrected chi connectivity index (χ0v) is 12.9. The van der Waals surface area contributed by atoms with E-state index in [1.165, 1.54) is 18.2 Å². The van der Waals surface area contributed by atoms with Gasteiger partial charge in [0, 0.05) is 26.8 Å². The minimum absolute atomic E-state index is 0.139. The number of aromatic nitrogens is 1.